The van der Waals surface area contributed by atoms with Crippen molar-refractivity contribution < 1.29 is 0 Å². The Bertz CT molecular complexity index is 1060. The highest BCUT2D eigenvalue weighted by molar-refractivity contribution is 6.30. The lowest BCUT2D eigenvalue weighted by molar-refractivity contribution is 0.239. The third-order valence-corrected chi connectivity index (χ3v) is 5.97. The maximum Gasteiger partial charge on any atom is 0.274 e. The average Bonchev–Trinajstić information content (AvgIpc) is 2.72. The van der Waals surface area contributed by atoms with Crippen LogP contribution in [0, 0.1) is 0 Å². The molecular weight excluding hydrogens is 386 g/mol. The van der Waals surface area contributed by atoms with Crippen molar-refractivity contribution in [2.24, 2.45) is 7.05 Å². The highest BCUT2D eigenvalue weighted by atomic mass is 35.5. The normalized spacial score (nSPS) is 19.7. The van der Waals surface area contributed by atoms with Gasteiger partial charge in [0.05, 0.1) is 5.39 Å². The van der Waals surface area contributed by atoms with E-state index in [1.54, 1.807) is 7.05 Å². The number of aromatic nitrogens is 2. The second-order valence-electron chi connectivity index (χ2n) is 7.82. The summed E-state index contributed by atoms with van der Waals surface area (Å²) in [4.78, 5) is 17.1. The second-order valence-corrected chi connectivity index (χ2v) is 8.25. The van der Waals surface area contributed by atoms with Crippen LogP contribution in [0.3, 0.4) is 0 Å². The summed E-state index contributed by atoms with van der Waals surface area (Å²) in [5.41, 5.74) is 1.11. The molecule has 1 aliphatic heterocycles. The highest BCUT2D eigenvalue weighted by Crippen LogP contribution is 2.27. The molecule has 0 bridgehead atoms. The van der Waals surface area contributed by atoms with E-state index in [9.17, 15) is 4.79 Å². The molecule has 3 aromatic rings. The molecule has 1 aromatic heterocycles. The van der Waals surface area contributed by atoms with Crippen LogP contribution in [0.15, 0.2) is 53.3 Å². The molecule has 1 saturated heterocycles. The topological polar surface area (TPSA) is 53.4 Å². The van der Waals surface area contributed by atoms with E-state index in [2.05, 4.69) is 46.4 Å². The van der Waals surface area contributed by atoms with Crippen molar-refractivity contribution in [1.82, 2.24) is 14.7 Å². The molecule has 7 heteroatoms. The van der Waals surface area contributed by atoms with Crippen LogP contribution in [0.4, 0.5) is 11.5 Å². The standard InChI is InChI=1S/C22H26ClN5O/c1-26(2)20-14-28(16-10-8-15(23)9-11-16)13-12-19(20)24-21-17-6-4-5-7-18(17)22(29)27(3)25-21/h4-11,19-20H,12-14H2,1-3H3,(H,24,25)/t19-,20+/m0/s1. The summed E-state index contributed by atoms with van der Waals surface area (Å²) in [6.45, 7) is 1.84. The third-order valence-electron chi connectivity index (χ3n) is 5.72. The van der Waals surface area contributed by atoms with Crippen LogP contribution in [0.2, 0.25) is 5.02 Å². The Labute approximate surface area is 175 Å². The lowest BCUT2D eigenvalue weighted by Gasteiger charge is -2.43. The Kier molecular flexibility index (Phi) is 5.48. The lowest BCUT2D eigenvalue weighted by atomic mass is 9.97. The molecule has 29 heavy (non-hydrogen) atoms. The van der Waals surface area contributed by atoms with Crippen LogP contribution in [-0.2, 0) is 7.05 Å². The Morgan fingerprint density at radius 3 is 2.48 bits per heavy atom. The maximum absolute atomic E-state index is 12.4. The zero-order valence-corrected chi connectivity index (χ0v) is 17.7. The number of hydrogen-bond acceptors (Lipinski definition) is 5. The van der Waals surface area contributed by atoms with Crippen molar-refractivity contribution in [2.45, 2.75) is 18.5 Å². The second kappa shape index (κ2) is 8.05. The first-order valence-corrected chi connectivity index (χ1v) is 10.2. The van der Waals surface area contributed by atoms with Gasteiger partial charge >= 0.3 is 0 Å². The van der Waals surface area contributed by atoms with E-state index in [-0.39, 0.29) is 17.6 Å². The third kappa shape index (κ3) is 3.95. The van der Waals surface area contributed by atoms with Gasteiger partial charge in [-0.1, -0.05) is 29.8 Å². The predicted octanol–water partition coefficient (Wildman–Crippen LogP) is 3.21. The summed E-state index contributed by atoms with van der Waals surface area (Å²) in [6, 6.07) is 16.2. The van der Waals surface area contributed by atoms with Crippen molar-refractivity contribution >= 4 is 33.9 Å². The van der Waals surface area contributed by atoms with Crippen molar-refractivity contribution in [3.05, 3.63) is 63.9 Å². The Morgan fingerprint density at radius 2 is 1.79 bits per heavy atom. The minimum atomic E-state index is -0.0760. The zero-order valence-electron chi connectivity index (χ0n) is 17.0. The van der Waals surface area contributed by atoms with Gasteiger partial charge in [-0.05, 0) is 50.8 Å². The number of likely N-dealkylation sites (N-methyl/N-ethyl adjacent to an activating group) is 1. The molecule has 0 spiro atoms. The summed E-state index contributed by atoms with van der Waals surface area (Å²) in [7, 11) is 5.92. The number of nitrogens with one attached hydrogen (secondary N) is 1. The molecule has 0 unspecified atom stereocenters. The van der Waals surface area contributed by atoms with Crippen LogP contribution in [-0.4, -0.2) is 53.9 Å². The van der Waals surface area contributed by atoms with Crippen molar-refractivity contribution in [2.75, 3.05) is 37.4 Å². The first-order valence-electron chi connectivity index (χ1n) is 9.83. The van der Waals surface area contributed by atoms with Crippen LogP contribution in [0.25, 0.3) is 10.8 Å². The molecule has 2 aromatic carbocycles. The monoisotopic (exact) mass is 411 g/mol. The van der Waals surface area contributed by atoms with Crippen molar-refractivity contribution in [3.8, 4) is 0 Å². The molecule has 0 amide bonds. The average molecular weight is 412 g/mol. The van der Waals surface area contributed by atoms with Gasteiger partial charge in [0.15, 0.2) is 5.82 Å². The van der Waals surface area contributed by atoms with E-state index in [1.807, 2.05) is 36.4 Å². The number of anilines is 2. The van der Waals surface area contributed by atoms with Gasteiger partial charge in [0, 0.05) is 48.3 Å². The molecule has 0 aliphatic carbocycles. The van der Waals surface area contributed by atoms with E-state index in [1.165, 1.54) is 10.4 Å². The van der Waals surface area contributed by atoms with Crippen LogP contribution < -0.4 is 15.8 Å². The number of aryl methyl sites for hydroxylation is 1. The number of hydrogen-bond donors (Lipinski definition) is 1. The number of benzene rings is 2. The number of fused-ring (bicyclic) bond motifs is 1. The molecule has 1 fully saturated rings. The molecule has 0 radical (unpaired) electrons. The molecule has 0 saturated carbocycles. The van der Waals surface area contributed by atoms with Gasteiger partial charge in [0.25, 0.3) is 5.56 Å². The SMILES string of the molecule is CN(C)[C@@H]1CN(c2ccc(Cl)cc2)CC[C@@H]1Nc1nn(C)c(=O)c2ccccc12. The Balaban J connectivity index is 1.61. The zero-order chi connectivity index (χ0) is 20.5. The Hall–Kier alpha value is -2.57. The number of rotatable bonds is 4. The van der Waals surface area contributed by atoms with Gasteiger partial charge in [0.1, 0.15) is 0 Å². The number of halogens is 1. The first-order chi connectivity index (χ1) is 13.9. The van der Waals surface area contributed by atoms with E-state index in [0.29, 0.717) is 5.39 Å². The fourth-order valence-electron chi connectivity index (χ4n) is 4.09. The Morgan fingerprint density at radius 1 is 1.10 bits per heavy atom. The van der Waals surface area contributed by atoms with Gasteiger partial charge in [-0.25, -0.2) is 4.68 Å². The lowest BCUT2D eigenvalue weighted by Crippen LogP contribution is -2.56. The van der Waals surface area contributed by atoms with Gasteiger partial charge in [0.2, 0.25) is 0 Å². The van der Waals surface area contributed by atoms with Crippen LogP contribution >= 0.6 is 11.6 Å². The predicted molar refractivity (Wildman–Crippen MR) is 120 cm³/mol. The summed E-state index contributed by atoms with van der Waals surface area (Å²) in [5, 5.41) is 10.5. The molecule has 6 nitrogen and oxygen atoms in total. The van der Waals surface area contributed by atoms with Gasteiger partial charge < -0.3 is 15.1 Å². The number of nitrogens with zero attached hydrogens (tertiary/aromatic N) is 4. The van der Waals surface area contributed by atoms with E-state index in [0.717, 1.165) is 35.7 Å². The molecule has 2 heterocycles. The maximum atomic E-state index is 12.4. The van der Waals surface area contributed by atoms with Crippen molar-refractivity contribution in [3.63, 3.8) is 0 Å². The van der Waals surface area contributed by atoms with E-state index < -0.39 is 0 Å². The molecule has 152 valence electrons. The quantitative estimate of drug-likeness (QED) is 0.714. The highest BCUT2D eigenvalue weighted by Gasteiger charge is 2.31. The minimum Gasteiger partial charge on any atom is -0.370 e. The summed E-state index contributed by atoms with van der Waals surface area (Å²) in [5.74, 6) is 0.763. The van der Waals surface area contributed by atoms with Crippen LogP contribution in [0.1, 0.15) is 6.42 Å². The molecule has 1 N–H and O–H groups in total. The molecule has 1 aliphatic rings. The largest absolute Gasteiger partial charge is 0.370 e. The number of piperidine rings is 1. The molecule has 2 atom stereocenters. The van der Waals surface area contributed by atoms with Gasteiger partial charge in [-0.3, -0.25) is 4.79 Å². The summed E-state index contributed by atoms with van der Waals surface area (Å²) >= 11 is 6.05. The van der Waals surface area contributed by atoms with E-state index >= 15 is 0 Å². The van der Waals surface area contributed by atoms with Gasteiger partial charge in [-0.15, -0.1) is 0 Å². The minimum absolute atomic E-state index is 0.0760. The fourth-order valence-corrected chi connectivity index (χ4v) is 4.22. The van der Waals surface area contributed by atoms with Gasteiger partial charge in [-0.2, -0.15) is 5.10 Å². The smallest absolute Gasteiger partial charge is 0.274 e. The molecular formula is C22H26ClN5O. The first kappa shape index (κ1) is 19.7. The summed E-state index contributed by atoms with van der Waals surface area (Å²) < 4.78 is 1.41. The van der Waals surface area contributed by atoms with E-state index in [4.69, 9.17) is 11.6 Å². The molecule has 4 rings (SSSR count). The van der Waals surface area contributed by atoms with Crippen molar-refractivity contribution in [1.29, 1.82) is 0 Å². The summed E-state index contributed by atoms with van der Waals surface area (Å²) in [6.07, 6.45) is 0.963. The fraction of sp³-hybridized carbons (Fsp3) is 0.364. The van der Waals surface area contributed by atoms with Crippen LogP contribution in [0.5, 0.6) is 0 Å².